The summed E-state index contributed by atoms with van der Waals surface area (Å²) < 4.78 is 5.19. The Bertz CT molecular complexity index is 194. The molecule has 0 aliphatic heterocycles. The van der Waals surface area contributed by atoms with Crippen LogP contribution in [-0.4, -0.2) is 25.2 Å². The fraction of sp³-hybridized carbons (Fsp3) is 0.917. The minimum Gasteiger partial charge on any atom is -0.382 e. The predicted molar refractivity (Wildman–Crippen MR) is 60.7 cm³/mol. The second kappa shape index (κ2) is 6.83. The second-order valence-electron chi connectivity index (χ2n) is 4.48. The Morgan fingerprint density at radius 1 is 1.47 bits per heavy atom. The van der Waals surface area contributed by atoms with Gasteiger partial charge in [0.2, 0.25) is 5.91 Å². The van der Waals surface area contributed by atoms with E-state index in [9.17, 15) is 4.79 Å². The fourth-order valence-electron chi connectivity index (χ4n) is 2.12. The molecule has 1 rings (SSSR count). The van der Waals surface area contributed by atoms with Gasteiger partial charge in [0.1, 0.15) is 0 Å². The van der Waals surface area contributed by atoms with E-state index in [1.54, 1.807) is 0 Å². The first-order valence-electron chi connectivity index (χ1n) is 6.09. The van der Waals surface area contributed by atoms with E-state index in [-0.39, 0.29) is 5.91 Å². The van der Waals surface area contributed by atoms with Crippen LogP contribution in [0.3, 0.4) is 0 Å². The molecule has 15 heavy (non-hydrogen) atoms. The van der Waals surface area contributed by atoms with Crippen molar-refractivity contribution in [2.24, 2.45) is 5.92 Å². The zero-order valence-electron chi connectivity index (χ0n) is 9.92. The van der Waals surface area contributed by atoms with Gasteiger partial charge in [0.25, 0.3) is 0 Å². The first-order chi connectivity index (χ1) is 7.22. The van der Waals surface area contributed by atoms with Crippen LogP contribution in [0.25, 0.3) is 0 Å². The number of carbonyl (C=O) groups excluding carboxylic acids is 1. The molecule has 1 N–H and O–H groups in total. The minimum absolute atomic E-state index is 0.189. The van der Waals surface area contributed by atoms with Crippen molar-refractivity contribution in [2.45, 2.75) is 52.0 Å². The van der Waals surface area contributed by atoms with E-state index in [1.807, 2.05) is 6.92 Å². The number of carbonyl (C=O) groups is 1. The van der Waals surface area contributed by atoms with Crippen molar-refractivity contribution < 1.29 is 9.53 Å². The first kappa shape index (κ1) is 12.5. The molecule has 88 valence electrons. The first-order valence-corrected chi connectivity index (χ1v) is 6.09. The van der Waals surface area contributed by atoms with Gasteiger partial charge in [-0.3, -0.25) is 4.79 Å². The maximum absolute atomic E-state index is 11.5. The monoisotopic (exact) mass is 213 g/mol. The molecule has 0 aromatic carbocycles. The molecule has 3 nitrogen and oxygen atoms in total. The van der Waals surface area contributed by atoms with Crippen molar-refractivity contribution in [2.75, 3.05) is 13.2 Å². The summed E-state index contributed by atoms with van der Waals surface area (Å²) in [5, 5.41) is 3.09. The van der Waals surface area contributed by atoms with E-state index in [2.05, 4.69) is 12.2 Å². The van der Waals surface area contributed by atoms with Crippen LogP contribution in [0, 0.1) is 5.92 Å². The molecule has 1 amide bonds. The van der Waals surface area contributed by atoms with Gasteiger partial charge >= 0.3 is 0 Å². The van der Waals surface area contributed by atoms with Crippen molar-refractivity contribution in [1.29, 1.82) is 0 Å². The molecule has 0 aromatic rings. The summed E-state index contributed by atoms with van der Waals surface area (Å²) in [6.45, 7) is 5.66. The Balaban J connectivity index is 2.03. The number of amides is 1. The van der Waals surface area contributed by atoms with Gasteiger partial charge in [-0.1, -0.05) is 6.92 Å². The summed E-state index contributed by atoms with van der Waals surface area (Å²) in [5.41, 5.74) is 0. The van der Waals surface area contributed by atoms with Gasteiger partial charge in [0.05, 0.1) is 0 Å². The van der Waals surface area contributed by atoms with Crippen LogP contribution in [0.1, 0.15) is 46.0 Å². The standard InChI is InChI=1S/C12H23NO2/c1-3-15-8-4-5-12(14)13-11-7-6-10(2)9-11/h10-11H,3-9H2,1-2H3,(H,13,14). The van der Waals surface area contributed by atoms with Crippen LogP contribution in [0.2, 0.25) is 0 Å². The Morgan fingerprint density at radius 3 is 2.87 bits per heavy atom. The summed E-state index contributed by atoms with van der Waals surface area (Å²) in [6.07, 6.45) is 4.99. The van der Waals surface area contributed by atoms with Gasteiger partial charge in [-0.2, -0.15) is 0 Å². The van der Waals surface area contributed by atoms with E-state index in [1.165, 1.54) is 6.42 Å². The van der Waals surface area contributed by atoms with E-state index in [0.717, 1.165) is 31.8 Å². The molecular weight excluding hydrogens is 190 g/mol. The Labute approximate surface area is 92.6 Å². The van der Waals surface area contributed by atoms with E-state index < -0.39 is 0 Å². The largest absolute Gasteiger partial charge is 0.382 e. The zero-order valence-corrected chi connectivity index (χ0v) is 9.92. The number of hydrogen-bond acceptors (Lipinski definition) is 2. The Hall–Kier alpha value is -0.570. The minimum atomic E-state index is 0.189. The van der Waals surface area contributed by atoms with Gasteiger partial charge < -0.3 is 10.1 Å². The summed E-state index contributed by atoms with van der Waals surface area (Å²) >= 11 is 0. The predicted octanol–water partition coefficient (Wildman–Crippen LogP) is 2.11. The van der Waals surface area contributed by atoms with E-state index >= 15 is 0 Å². The van der Waals surface area contributed by atoms with Gasteiger partial charge in [-0.25, -0.2) is 0 Å². The number of hydrogen-bond donors (Lipinski definition) is 1. The second-order valence-corrected chi connectivity index (χ2v) is 4.48. The van der Waals surface area contributed by atoms with E-state index in [4.69, 9.17) is 4.74 Å². The quantitative estimate of drug-likeness (QED) is 0.686. The highest BCUT2D eigenvalue weighted by Gasteiger charge is 2.22. The number of ether oxygens (including phenoxy) is 1. The maximum Gasteiger partial charge on any atom is 0.220 e. The summed E-state index contributed by atoms with van der Waals surface area (Å²) in [7, 11) is 0. The van der Waals surface area contributed by atoms with Crippen LogP contribution in [-0.2, 0) is 9.53 Å². The van der Waals surface area contributed by atoms with Gasteiger partial charge in [-0.15, -0.1) is 0 Å². The van der Waals surface area contributed by atoms with Crippen LogP contribution in [0.15, 0.2) is 0 Å². The average molecular weight is 213 g/mol. The van der Waals surface area contributed by atoms with Gasteiger partial charge in [0.15, 0.2) is 0 Å². The molecule has 1 aliphatic carbocycles. The van der Waals surface area contributed by atoms with Crippen molar-refractivity contribution >= 4 is 5.91 Å². The highest BCUT2D eigenvalue weighted by atomic mass is 16.5. The van der Waals surface area contributed by atoms with Gasteiger partial charge in [0, 0.05) is 25.7 Å². The SMILES string of the molecule is CCOCCCC(=O)NC1CCC(C)C1. The summed E-state index contributed by atoms with van der Waals surface area (Å²) in [5.74, 6) is 0.965. The smallest absolute Gasteiger partial charge is 0.220 e. The molecule has 0 bridgehead atoms. The van der Waals surface area contributed by atoms with Crippen molar-refractivity contribution in [3.8, 4) is 0 Å². The molecular formula is C12H23NO2. The molecule has 2 unspecified atom stereocenters. The lowest BCUT2D eigenvalue weighted by atomic mass is 10.1. The van der Waals surface area contributed by atoms with Crippen molar-refractivity contribution in [3.63, 3.8) is 0 Å². The Kier molecular flexibility index (Phi) is 5.69. The third-order valence-electron chi connectivity index (χ3n) is 2.96. The lowest BCUT2D eigenvalue weighted by Crippen LogP contribution is -2.32. The molecule has 1 fully saturated rings. The highest BCUT2D eigenvalue weighted by molar-refractivity contribution is 5.76. The fourth-order valence-corrected chi connectivity index (χ4v) is 2.12. The van der Waals surface area contributed by atoms with Crippen LogP contribution in [0.5, 0.6) is 0 Å². The van der Waals surface area contributed by atoms with E-state index in [0.29, 0.717) is 19.1 Å². The third kappa shape index (κ3) is 5.17. The summed E-state index contributed by atoms with van der Waals surface area (Å²) in [6, 6.07) is 0.430. The molecule has 3 heteroatoms. The normalized spacial score (nSPS) is 25.5. The average Bonchev–Trinajstić information content (AvgIpc) is 2.59. The zero-order chi connectivity index (χ0) is 11.1. The van der Waals surface area contributed by atoms with Crippen molar-refractivity contribution in [1.82, 2.24) is 5.32 Å². The highest BCUT2D eigenvalue weighted by Crippen LogP contribution is 2.24. The van der Waals surface area contributed by atoms with Crippen molar-refractivity contribution in [3.05, 3.63) is 0 Å². The number of rotatable bonds is 6. The third-order valence-corrected chi connectivity index (χ3v) is 2.96. The molecule has 0 aromatic heterocycles. The molecule has 0 heterocycles. The van der Waals surface area contributed by atoms with Crippen LogP contribution >= 0.6 is 0 Å². The lowest BCUT2D eigenvalue weighted by molar-refractivity contribution is -0.122. The Morgan fingerprint density at radius 2 is 2.27 bits per heavy atom. The van der Waals surface area contributed by atoms with Crippen LogP contribution in [0.4, 0.5) is 0 Å². The topological polar surface area (TPSA) is 38.3 Å². The molecule has 0 radical (unpaired) electrons. The molecule has 1 aliphatic rings. The number of nitrogens with one attached hydrogen (secondary N) is 1. The van der Waals surface area contributed by atoms with Gasteiger partial charge in [-0.05, 0) is 38.5 Å². The summed E-state index contributed by atoms with van der Waals surface area (Å²) in [4.78, 5) is 11.5. The molecule has 1 saturated carbocycles. The molecule has 0 saturated heterocycles. The van der Waals surface area contributed by atoms with Crippen LogP contribution < -0.4 is 5.32 Å². The lowest BCUT2D eigenvalue weighted by Gasteiger charge is -2.12. The molecule has 0 spiro atoms. The molecule has 2 atom stereocenters. The maximum atomic E-state index is 11.5.